The molecule has 1 aromatic rings. The van der Waals surface area contributed by atoms with E-state index in [4.69, 9.17) is 9.84 Å². The summed E-state index contributed by atoms with van der Waals surface area (Å²) in [5.74, 6) is 0.828. The quantitative estimate of drug-likeness (QED) is 0.804. The van der Waals surface area contributed by atoms with Crippen LogP contribution >= 0.6 is 0 Å². The van der Waals surface area contributed by atoms with Gasteiger partial charge in [-0.15, -0.1) is 0 Å². The fourth-order valence-electron chi connectivity index (χ4n) is 1.91. The smallest absolute Gasteiger partial charge is 0.258 e. The Kier molecular flexibility index (Phi) is 6.52. The summed E-state index contributed by atoms with van der Waals surface area (Å²) in [6.07, 6.45) is 0.563. The van der Waals surface area contributed by atoms with Crippen molar-refractivity contribution in [2.24, 2.45) is 5.92 Å². The summed E-state index contributed by atoms with van der Waals surface area (Å²) in [5, 5.41) is 11.9. The SMILES string of the molecule is Cc1ccc(OCC(=O)NC(CCO)C(C)C)cc1C. The fourth-order valence-corrected chi connectivity index (χ4v) is 1.91. The Morgan fingerprint density at radius 3 is 2.55 bits per heavy atom. The van der Waals surface area contributed by atoms with Crippen LogP contribution < -0.4 is 10.1 Å². The molecule has 4 nitrogen and oxygen atoms in total. The van der Waals surface area contributed by atoms with Crippen LogP contribution in [0.2, 0.25) is 0 Å². The monoisotopic (exact) mass is 279 g/mol. The van der Waals surface area contributed by atoms with Crippen LogP contribution in [0.5, 0.6) is 5.75 Å². The molecular weight excluding hydrogens is 254 g/mol. The molecule has 2 N–H and O–H groups in total. The van der Waals surface area contributed by atoms with Crippen molar-refractivity contribution in [2.75, 3.05) is 13.2 Å². The maximum atomic E-state index is 11.8. The highest BCUT2D eigenvalue weighted by Gasteiger charge is 2.15. The molecule has 112 valence electrons. The molecule has 0 radical (unpaired) electrons. The molecule has 0 aliphatic rings. The van der Waals surface area contributed by atoms with Gasteiger partial charge in [-0.05, 0) is 49.4 Å². The summed E-state index contributed by atoms with van der Waals surface area (Å²) < 4.78 is 5.49. The summed E-state index contributed by atoms with van der Waals surface area (Å²) in [7, 11) is 0. The van der Waals surface area contributed by atoms with Crippen LogP contribution in [0.4, 0.5) is 0 Å². The first-order chi connectivity index (χ1) is 9.43. The third-order valence-corrected chi connectivity index (χ3v) is 3.44. The zero-order chi connectivity index (χ0) is 15.1. The van der Waals surface area contributed by atoms with Crippen LogP contribution in [0.15, 0.2) is 18.2 Å². The number of amides is 1. The second-order valence-electron chi connectivity index (χ2n) is 5.47. The van der Waals surface area contributed by atoms with Crippen LogP contribution in [0.1, 0.15) is 31.4 Å². The van der Waals surface area contributed by atoms with Crippen molar-refractivity contribution >= 4 is 5.91 Å². The highest BCUT2D eigenvalue weighted by Crippen LogP contribution is 2.16. The molecule has 0 spiro atoms. The molecule has 1 aromatic carbocycles. The molecule has 0 fully saturated rings. The molecular formula is C16H25NO3. The van der Waals surface area contributed by atoms with E-state index in [0.29, 0.717) is 12.2 Å². The number of ether oxygens (including phenoxy) is 1. The molecule has 0 saturated carbocycles. The van der Waals surface area contributed by atoms with Crippen molar-refractivity contribution in [3.8, 4) is 5.75 Å². The number of rotatable bonds is 7. The molecule has 1 amide bonds. The number of aliphatic hydroxyl groups is 1. The van der Waals surface area contributed by atoms with Crippen LogP contribution in [0.25, 0.3) is 0 Å². The topological polar surface area (TPSA) is 58.6 Å². The summed E-state index contributed by atoms with van der Waals surface area (Å²) in [6.45, 7) is 8.15. The predicted octanol–water partition coefficient (Wildman–Crippen LogP) is 2.21. The van der Waals surface area contributed by atoms with Gasteiger partial charge in [0, 0.05) is 12.6 Å². The van der Waals surface area contributed by atoms with E-state index < -0.39 is 0 Å². The second-order valence-corrected chi connectivity index (χ2v) is 5.47. The van der Waals surface area contributed by atoms with Gasteiger partial charge in [0.1, 0.15) is 5.75 Å². The standard InChI is InChI=1S/C16H25NO3/c1-11(2)15(7-8-18)17-16(19)10-20-14-6-5-12(3)13(4)9-14/h5-6,9,11,15,18H,7-8,10H2,1-4H3,(H,17,19). The van der Waals surface area contributed by atoms with Gasteiger partial charge in [-0.2, -0.15) is 0 Å². The number of hydrogen-bond donors (Lipinski definition) is 2. The summed E-state index contributed by atoms with van der Waals surface area (Å²) in [6, 6.07) is 5.75. The normalized spacial score (nSPS) is 12.3. The van der Waals surface area contributed by atoms with Crippen molar-refractivity contribution in [3.05, 3.63) is 29.3 Å². The van der Waals surface area contributed by atoms with Crippen LogP contribution in [0, 0.1) is 19.8 Å². The van der Waals surface area contributed by atoms with Gasteiger partial charge in [0.15, 0.2) is 6.61 Å². The van der Waals surface area contributed by atoms with E-state index in [-0.39, 0.29) is 31.1 Å². The molecule has 0 heterocycles. The average Bonchev–Trinajstić information content (AvgIpc) is 2.39. The third kappa shape index (κ3) is 5.21. The largest absolute Gasteiger partial charge is 0.484 e. The van der Waals surface area contributed by atoms with Crippen LogP contribution in [0.3, 0.4) is 0 Å². The maximum Gasteiger partial charge on any atom is 0.258 e. The Bertz CT molecular complexity index is 443. The van der Waals surface area contributed by atoms with Gasteiger partial charge in [-0.25, -0.2) is 0 Å². The summed E-state index contributed by atoms with van der Waals surface area (Å²) >= 11 is 0. The van der Waals surface area contributed by atoms with Crippen molar-refractivity contribution in [1.82, 2.24) is 5.32 Å². The van der Waals surface area contributed by atoms with Crippen LogP contribution in [-0.4, -0.2) is 30.3 Å². The van der Waals surface area contributed by atoms with E-state index in [9.17, 15) is 4.79 Å². The molecule has 4 heteroatoms. The average molecular weight is 279 g/mol. The van der Waals surface area contributed by atoms with E-state index in [1.54, 1.807) is 0 Å². The Labute approximate surface area is 121 Å². The zero-order valence-electron chi connectivity index (χ0n) is 12.8. The first-order valence-corrected chi connectivity index (χ1v) is 7.04. The first-order valence-electron chi connectivity index (χ1n) is 7.04. The number of benzene rings is 1. The molecule has 1 unspecified atom stereocenters. The molecule has 0 aliphatic carbocycles. The van der Waals surface area contributed by atoms with Crippen molar-refractivity contribution in [1.29, 1.82) is 0 Å². The molecule has 0 bridgehead atoms. The summed E-state index contributed by atoms with van der Waals surface area (Å²) in [5.41, 5.74) is 2.34. The van der Waals surface area contributed by atoms with E-state index in [1.165, 1.54) is 5.56 Å². The van der Waals surface area contributed by atoms with Gasteiger partial charge in [-0.3, -0.25) is 4.79 Å². The lowest BCUT2D eigenvalue weighted by molar-refractivity contribution is -0.124. The zero-order valence-corrected chi connectivity index (χ0v) is 12.8. The Morgan fingerprint density at radius 2 is 2.00 bits per heavy atom. The van der Waals surface area contributed by atoms with Crippen molar-refractivity contribution < 1.29 is 14.6 Å². The lowest BCUT2D eigenvalue weighted by Crippen LogP contribution is -2.41. The number of carbonyl (C=O) groups is 1. The predicted molar refractivity (Wildman–Crippen MR) is 79.9 cm³/mol. The Balaban J connectivity index is 2.48. The van der Waals surface area contributed by atoms with E-state index >= 15 is 0 Å². The third-order valence-electron chi connectivity index (χ3n) is 3.44. The Morgan fingerprint density at radius 1 is 1.30 bits per heavy atom. The lowest BCUT2D eigenvalue weighted by Gasteiger charge is -2.21. The fraction of sp³-hybridized carbons (Fsp3) is 0.562. The highest BCUT2D eigenvalue weighted by molar-refractivity contribution is 5.77. The molecule has 20 heavy (non-hydrogen) atoms. The minimum absolute atomic E-state index is 0.00283. The summed E-state index contributed by atoms with van der Waals surface area (Å²) in [4.78, 5) is 11.8. The minimum Gasteiger partial charge on any atom is -0.484 e. The lowest BCUT2D eigenvalue weighted by atomic mass is 10.0. The number of aryl methyl sites for hydroxylation is 2. The van der Waals surface area contributed by atoms with Crippen molar-refractivity contribution in [3.63, 3.8) is 0 Å². The van der Waals surface area contributed by atoms with Gasteiger partial charge < -0.3 is 15.2 Å². The molecule has 1 atom stereocenters. The number of nitrogens with one attached hydrogen (secondary N) is 1. The van der Waals surface area contributed by atoms with Gasteiger partial charge in [0.2, 0.25) is 0 Å². The Hall–Kier alpha value is -1.55. The molecule has 1 rings (SSSR count). The number of hydrogen-bond acceptors (Lipinski definition) is 3. The highest BCUT2D eigenvalue weighted by atomic mass is 16.5. The molecule has 0 saturated heterocycles. The molecule has 0 aromatic heterocycles. The van der Waals surface area contributed by atoms with Gasteiger partial charge in [0.05, 0.1) is 0 Å². The molecule has 0 aliphatic heterocycles. The first kappa shape index (κ1) is 16.5. The van der Waals surface area contributed by atoms with Gasteiger partial charge in [-0.1, -0.05) is 19.9 Å². The van der Waals surface area contributed by atoms with E-state index in [1.807, 2.05) is 45.9 Å². The van der Waals surface area contributed by atoms with E-state index in [0.717, 1.165) is 5.56 Å². The second kappa shape index (κ2) is 7.90. The maximum absolute atomic E-state index is 11.8. The van der Waals surface area contributed by atoms with Gasteiger partial charge >= 0.3 is 0 Å². The van der Waals surface area contributed by atoms with Crippen molar-refractivity contribution in [2.45, 2.75) is 40.2 Å². The van der Waals surface area contributed by atoms with Crippen LogP contribution in [-0.2, 0) is 4.79 Å². The number of aliphatic hydroxyl groups excluding tert-OH is 1. The minimum atomic E-state index is -0.157. The number of carbonyl (C=O) groups excluding carboxylic acids is 1. The van der Waals surface area contributed by atoms with E-state index in [2.05, 4.69) is 5.32 Å². The van der Waals surface area contributed by atoms with Gasteiger partial charge in [0.25, 0.3) is 5.91 Å².